The van der Waals surface area contributed by atoms with E-state index in [-0.39, 0.29) is 16.2 Å². The highest BCUT2D eigenvalue weighted by molar-refractivity contribution is 5.78. The molecule has 0 aliphatic carbocycles. The molecule has 0 bridgehead atoms. The Morgan fingerprint density at radius 1 is 0.292 bits per heavy atom. The maximum Gasteiger partial charge on any atom is 0.164 e. The van der Waals surface area contributed by atoms with Crippen molar-refractivity contribution in [2.45, 2.75) is 78.6 Å². The van der Waals surface area contributed by atoms with E-state index in [2.05, 4.69) is 123 Å². The van der Waals surface area contributed by atoms with Gasteiger partial charge in [-0.3, -0.25) is 0 Å². The maximum absolute atomic E-state index is 5.00. The van der Waals surface area contributed by atoms with Gasteiger partial charge in [-0.05, 0) is 67.3 Å². The van der Waals surface area contributed by atoms with Gasteiger partial charge in [0, 0.05) is 16.7 Å². The Hall–Kier alpha value is -4.89. The first kappa shape index (κ1) is 33.0. The van der Waals surface area contributed by atoms with Crippen molar-refractivity contribution in [1.29, 1.82) is 0 Å². The zero-order valence-corrected chi connectivity index (χ0v) is 29.9. The first-order valence-corrected chi connectivity index (χ1v) is 16.9. The molecule has 0 aliphatic rings. The minimum absolute atomic E-state index is 0.0275. The van der Waals surface area contributed by atoms with Crippen molar-refractivity contribution in [2.75, 3.05) is 0 Å². The molecule has 6 aromatic rings. The second kappa shape index (κ2) is 12.6. The van der Waals surface area contributed by atoms with Gasteiger partial charge in [-0.1, -0.05) is 172 Å². The molecule has 3 heteroatoms. The molecule has 5 aromatic carbocycles. The van der Waals surface area contributed by atoms with Crippen LogP contribution in [-0.4, -0.2) is 15.0 Å². The second-order valence-corrected chi connectivity index (χ2v) is 16.0. The third-order valence-corrected chi connectivity index (χ3v) is 8.95. The Labute approximate surface area is 287 Å². The second-order valence-electron chi connectivity index (χ2n) is 16.0. The maximum atomic E-state index is 5.00. The Kier molecular flexibility index (Phi) is 8.68. The van der Waals surface area contributed by atoms with Gasteiger partial charge in [0.2, 0.25) is 0 Å². The summed E-state index contributed by atoms with van der Waals surface area (Å²) in [6, 6.07) is 43.1. The van der Waals surface area contributed by atoms with Crippen LogP contribution in [0.5, 0.6) is 0 Å². The predicted molar refractivity (Wildman–Crippen MR) is 203 cm³/mol. The van der Waals surface area contributed by atoms with Crippen LogP contribution in [-0.2, 0) is 16.2 Å². The standard InChI is InChI=1S/C45H47N3/c1-43(2,3)37-25-34(24-35(26-37)36-27-38(44(4,5)6)29-39(28-36)45(7,8)9)32-21-16-22-33(23-32)42-47-40(30-17-12-10-13-18-30)46-41(48-42)31-19-14-11-15-20-31/h10-29H,1-9H3. The fraction of sp³-hybridized carbons (Fsp3) is 0.267. The van der Waals surface area contributed by atoms with Gasteiger partial charge in [0.25, 0.3) is 0 Å². The van der Waals surface area contributed by atoms with E-state index in [1.165, 1.54) is 33.4 Å². The molecular formula is C45H47N3. The molecule has 0 N–H and O–H groups in total. The molecule has 48 heavy (non-hydrogen) atoms. The minimum atomic E-state index is -0.0275. The van der Waals surface area contributed by atoms with Crippen molar-refractivity contribution in [1.82, 2.24) is 15.0 Å². The largest absolute Gasteiger partial charge is 0.208 e. The minimum Gasteiger partial charge on any atom is -0.208 e. The Balaban J connectivity index is 1.51. The SMILES string of the molecule is CC(C)(C)c1cc(-c2cccc(-c3nc(-c4ccccc4)nc(-c4ccccc4)n3)c2)cc(-c2cc(C(C)(C)C)cc(C(C)(C)C)c2)c1. The number of rotatable bonds is 5. The molecule has 0 amide bonds. The summed E-state index contributed by atoms with van der Waals surface area (Å²) in [6.07, 6.45) is 0. The first-order chi connectivity index (χ1) is 22.6. The Morgan fingerprint density at radius 2 is 0.604 bits per heavy atom. The van der Waals surface area contributed by atoms with Crippen molar-refractivity contribution >= 4 is 0 Å². The molecule has 0 unspecified atom stereocenters. The lowest BCUT2D eigenvalue weighted by Gasteiger charge is -2.27. The summed E-state index contributed by atoms with van der Waals surface area (Å²) >= 11 is 0. The lowest BCUT2D eigenvalue weighted by molar-refractivity contribution is 0.569. The molecule has 1 aromatic heterocycles. The molecule has 242 valence electrons. The summed E-state index contributed by atoms with van der Waals surface area (Å²) in [6.45, 7) is 20.7. The summed E-state index contributed by atoms with van der Waals surface area (Å²) in [5.41, 5.74) is 11.7. The topological polar surface area (TPSA) is 38.7 Å². The van der Waals surface area contributed by atoms with Crippen LogP contribution >= 0.6 is 0 Å². The van der Waals surface area contributed by atoms with Gasteiger partial charge in [0.05, 0.1) is 0 Å². The van der Waals surface area contributed by atoms with Crippen LogP contribution in [0.2, 0.25) is 0 Å². The van der Waals surface area contributed by atoms with Crippen LogP contribution in [0.25, 0.3) is 56.4 Å². The smallest absolute Gasteiger partial charge is 0.164 e. The molecule has 0 aliphatic heterocycles. The van der Waals surface area contributed by atoms with Crippen LogP contribution in [0.15, 0.2) is 121 Å². The van der Waals surface area contributed by atoms with Crippen LogP contribution in [0.3, 0.4) is 0 Å². The van der Waals surface area contributed by atoms with E-state index in [0.717, 1.165) is 22.3 Å². The third-order valence-electron chi connectivity index (χ3n) is 8.95. The number of hydrogen-bond donors (Lipinski definition) is 0. The van der Waals surface area contributed by atoms with E-state index in [0.29, 0.717) is 17.5 Å². The van der Waals surface area contributed by atoms with Crippen LogP contribution < -0.4 is 0 Å². The molecule has 0 fully saturated rings. The highest BCUT2D eigenvalue weighted by Crippen LogP contribution is 2.38. The molecule has 0 saturated heterocycles. The van der Waals surface area contributed by atoms with E-state index < -0.39 is 0 Å². The summed E-state index contributed by atoms with van der Waals surface area (Å²) in [5, 5.41) is 0. The van der Waals surface area contributed by atoms with Gasteiger partial charge in [0.1, 0.15) is 0 Å². The van der Waals surface area contributed by atoms with Gasteiger partial charge < -0.3 is 0 Å². The molecule has 3 nitrogen and oxygen atoms in total. The Bertz CT molecular complexity index is 1970. The van der Waals surface area contributed by atoms with Gasteiger partial charge in [-0.2, -0.15) is 0 Å². The van der Waals surface area contributed by atoms with Gasteiger partial charge in [-0.25, -0.2) is 15.0 Å². The van der Waals surface area contributed by atoms with Crippen molar-refractivity contribution in [3.8, 4) is 56.4 Å². The third kappa shape index (κ3) is 7.31. The van der Waals surface area contributed by atoms with Crippen molar-refractivity contribution in [3.63, 3.8) is 0 Å². The number of hydrogen-bond acceptors (Lipinski definition) is 3. The zero-order valence-electron chi connectivity index (χ0n) is 29.9. The Morgan fingerprint density at radius 3 is 1.04 bits per heavy atom. The van der Waals surface area contributed by atoms with E-state index in [1.54, 1.807) is 0 Å². The van der Waals surface area contributed by atoms with E-state index in [9.17, 15) is 0 Å². The monoisotopic (exact) mass is 629 g/mol. The zero-order chi connectivity index (χ0) is 34.3. The molecule has 0 radical (unpaired) electrons. The number of nitrogens with zero attached hydrogens (tertiary/aromatic N) is 3. The molecule has 0 spiro atoms. The highest BCUT2D eigenvalue weighted by atomic mass is 15.0. The fourth-order valence-corrected chi connectivity index (χ4v) is 5.83. The van der Waals surface area contributed by atoms with Crippen LogP contribution in [0.1, 0.15) is 79.0 Å². The van der Waals surface area contributed by atoms with E-state index in [1.807, 2.05) is 60.7 Å². The molecule has 0 atom stereocenters. The quantitative estimate of drug-likeness (QED) is 0.190. The lowest BCUT2D eigenvalue weighted by atomic mass is 9.78. The molecule has 6 rings (SSSR count). The molecular weight excluding hydrogens is 583 g/mol. The first-order valence-electron chi connectivity index (χ1n) is 16.9. The number of benzene rings is 5. The highest BCUT2D eigenvalue weighted by Gasteiger charge is 2.23. The van der Waals surface area contributed by atoms with Crippen LogP contribution in [0.4, 0.5) is 0 Å². The fourth-order valence-electron chi connectivity index (χ4n) is 5.83. The van der Waals surface area contributed by atoms with Gasteiger partial charge >= 0.3 is 0 Å². The average Bonchev–Trinajstić information content (AvgIpc) is 3.07. The average molecular weight is 630 g/mol. The predicted octanol–water partition coefficient (Wildman–Crippen LogP) is 12.1. The van der Waals surface area contributed by atoms with E-state index >= 15 is 0 Å². The van der Waals surface area contributed by atoms with Crippen molar-refractivity contribution in [3.05, 3.63) is 138 Å². The van der Waals surface area contributed by atoms with Gasteiger partial charge in [-0.15, -0.1) is 0 Å². The van der Waals surface area contributed by atoms with Crippen LogP contribution in [0, 0.1) is 0 Å². The number of aromatic nitrogens is 3. The van der Waals surface area contributed by atoms with Gasteiger partial charge in [0.15, 0.2) is 17.5 Å². The summed E-state index contributed by atoms with van der Waals surface area (Å²) in [7, 11) is 0. The normalized spacial score (nSPS) is 12.3. The summed E-state index contributed by atoms with van der Waals surface area (Å²) in [5.74, 6) is 1.98. The molecule has 1 heterocycles. The van der Waals surface area contributed by atoms with Crippen molar-refractivity contribution in [2.24, 2.45) is 0 Å². The van der Waals surface area contributed by atoms with E-state index in [4.69, 9.17) is 15.0 Å². The summed E-state index contributed by atoms with van der Waals surface area (Å²) in [4.78, 5) is 14.9. The summed E-state index contributed by atoms with van der Waals surface area (Å²) < 4.78 is 0. The lowest BCUT2D eigenvalue weighted by Crippen LogP contribution is -2.16. The molecule has 0 saturated carbocycles. The van der Waals surface area contributed by atoms with Crippen molar-refractivity contribution < 1.29 is 0 Å².